The average Bonchev–Trinajstić information content (AvgIpc) is 3.02. The summed E-state index contributed by atoms with van der Waals surface area (Å²) < 4.78 is 11.0. The van der Waals surface area contributed by atoms with E-state index >= 15 is 0 Å². The first kappa shape index (κ1) is 13.7. The van der Waals surface area contributed by atoms with Crippen LogP contribution < -0.4 is 14.8 Å². The Morgan fingerprint density at radius 1 is 1.00 bits per heavy atom. The second kappa shape index (κ2) is 4.63. The Hall–Kier alpha value is -2.75. The van der Waals surface area contributed by atoms with Crippen LogP contribution in [0.4, 0.5) is 0 Å². The summed E-state index contributed by atoms with van der Waals surface area (Å²) in [6.45, 7) is 4.38. The molecule has 1 aliphatic carbocycles. The summed E-state index contributed by atoms with van der Waals surface area (Å²) in [5, 5.41) is 3.19. The van der Waals surface area contributed by atoms with Crippen LogP contribution in [0.25, 0.3) is 5.57 Å². The van der Waals surface area contributed by atoms with Gasteiger partial charge in [0.05, 0.1) is 6.04 Å². The van der Waals surface area contributed by atoms with Gasteiger partial charge in [-0.15, -0.1) is 0 Å². The number of ether oxygens (including phenoxy) is 2. The van der Waals surface area contributed by atoms with Crippen LogP contribution in [0.2, 0.25) is 0 Å². The van der Waals surface area contributed by atoms with Gasteiger partial charge in [0.15, 0.2) is 11.5 Å². The van der Waals surface area contributed by atoms with Crippen LogP contribution in [0.5, 0.6) is 11.5 Å². The van der Waals surface area contributed by atoms with E-state index in [0.717, 1.165) is 39.3 Å². The number of rotatable bonds is 0. The zero-order valence-electron chi connectivity index (χ0n) is 13.6. The van der Waals surface area contributed by atoms with E-state index in [4.69, 9.17) is 9.47 Å². The first-order valence-corrected chi connectivity index (χ1v) is 8.15. The molecule has 0 unspecified atom stereocenters. The molecule has 2 aliphatic heterocycles. The summed E-state index contributed by atoms with van der Waals surface area (Å²) in [6.07, 6.45) is 2.25. The second-order valence-electron chi connectivity index (χ2n) is 6.71. The van der Waals surface area contributed by atoms with E-state index < -0.39 is 0 Å². The number of allylic oxidation sites excluding steroid dienone is 1. The molecule has 2 aromatic rings. The maximum atomic E-state index is 12.6. The summed E-state index contributed by atoms with van der Waals surface area (Å²) in [5.41, 5.74) is 6.40. The van der Waals surface area contributed by atoms with Gasteiger partial charge in [0.25, 0.3) is 5.91 Å². The summed E-state index contributed by atoms with van der Waals surface area (Å²) in [5.74, 6) is 1.67. The molecule has 0 saturated carbocycles. The Bertz CT molecular complexity index is 929. The third-order valence-corrected chi connectivity index (χ3v) is 5.19. The molecule has 0 aromatic heterocycles. The quantitative estimate of drug-likeness (QED) is 0.805. The van der Waals surface area contributed by atoms with Crippen molar-refractivity contribution < 1.29 is 14.3 Å². The summed E-state index contributed by atoms with van der Waals surface area (Å²) in [7, 11) is 0. The molecule has 0 fully saturated rings. The van der Waals surface area contributed by atoms with Crippen molar-refractivity contribution in [2.75, 3.05) is 6.79 Å². The monoisotopic (exact) mass is 319 g/mol. The molecule has 3 aliphatic rings. The Balaban J connectivity index is 1.72. The number of aryl methyl sites for hydroxylation is 1. The minimum atomic E-state index is -0.0686. The molecule has 4 heteroatoms. The third kappa shape index (κ3) is 1.77. The minimum absolute atomic E-state index is 0.00785. The van der Waals surface area contributed by atoms with Crippen molar-refractivity contribution in [3.05, 3.63) is 64.2 Å². The van der Waals surface area contributed by atoms with E-state index in [0.29, 0.717) is 0 Å². The molecule has 0 spiro atoms. The largest absolute Gasteiger partial charge is 0.454 e. The molecular weight excluding hydrogens is 302 g/mol. The molecule has 120 valence electrons. The van der Waals surface area contributed by atoms with Crippen LogP contribution in [0.3, 0.4) is 0 Å². The standard InChI is InChI=1S/C20H17NO3/c1-10-3-4-12-14-6-11(2)13-7-17-18(24-9-23-17)8-15(13)19(14)21-20(22)16(12)5-10/h3-8,14,19H,9H2,1-2H3,(H,21,22)/t14-,19+/m1/s1. The lowest BCUT2D eigenvalue weighted by Gasteiger charge is -2.37. The highest BCUT2D eigenvalue weighted by atomic mass is 16.7. The number of nitrogens with one attached hydrogen (secondary N) is 1. The van der Waals surface area contributed by atoms with E-state index in [1.807, 2.05) is 25.1 Å². The molecular formula is C20H17NO3. The highest BCUT2D eigenvalue weighted by Gasteiger charge is 2.38. The fraction of sp³-hybridized carbons (Fsp3) is 0.250. The van der Waals surface area contributed by atoms with Crippen molar-refractivity contribution in [3.8, 4) is 11.5 Å². The topological polar surface area (TPSA) is 47.6 Å². The third-order valence-electron chi connectivity index (χ3n) is 5.19. The van der Waals surface area contributed by atoms with Gasteiger partial charge in [-0.3, -0.25) is 4.79 Å². The van der Waals surface area contributed by atoms with Crippen LogP contribution in [-0.2, 0) is 0 Å². The van der Waals surface area contributed by atoms with Crippen LogP contribution in [0.1, 0.15) is 51.5 Å². The lowest BCUT2D eigenvalue weighted by Crippen LogP contribution is -2.39. The first-order valence-electron chi connectivity index (χ1n) is 8.15. The van der Waals surface area contributed by atoms with Gasteiger partial charge in [-0.25, -0.2) is 0 Å². The Labute approximate surface area is 140 Å². The van der Waals surface area contributed by atoms with E-state index in [1.54, 1.807) is 0 Å². The van der Waals surface area contributed by atoms with E-state index in [-0.39, 0.29) is 24.7 Å². The van der Waals surface area contributed by atoms with E-state index in [9.17, 15) is 4.79 Å². The van der Waals surface area contributed by atoms with Gasteiger partial charge >= 0.3 is 0 Å². The van der Waals surface area contributed by atoms with Crippen LogP contribution in [0.15, 0.2) is 36.4 Å². The minimum Gasteiger partial charge on any atom is -0.454 e. The van der Waals surface area contributed by atoms with E-state index in [2.05, 4.69) is 30.4 Å². The maximum Gasteiger partial charge on any atom is 0.252 e. The smallest absolute Gasteiger partial charge is 0.252 e. The highest BCUT2D eigenvalue weighted by molar-refractivity contribution is 5.98. The fourth-order valence-electron chi connectivity index (χ4n) is 4.02. The van der Waals surface area contributed by atoms with Crippen LogP contribution >= 0.6 is 0 Å². The molecule has 0 saturated heterocycles. The molecule has 2 atom stereocenters. The predicted octanol–water partition coefficient (Wildman–Crippen LogP) is 3.71. The first-order chi connectivity index (χ1) is 11.6. The molecule has 2 aromatic carbocycles. The maximum absolute atomic E-state index is 12.6. The fourth-order valence-corrected chi connectivity index (χ4v) is 4.02. The number of carbonyl (C=O) groups excluding carboxylic acids is 1. The molecule has 0 bridgehead atoms. The van der Waals surface area contributed by atoms with Gasteiger partial charge in [-0.2, -0.15) is 0 Å². The Kier molecular flexibility index (Phi) is 2.64. The molecule has 0 radical (unpaired) electrons. The number of hydrogen-bond acceptors (Lipinski definition) is 3. The normalized spacial score (nSPS) is 22.9. The zero-order valence-corrected chi connectivity index (χ0v) is 13.6. The predicted molar refractivity (Wildman–Crippen MR) is 90.3 cm³/mol. The number of benzene rings is 2. The molecule has 5 rings (SSSR count). The van der Waals surface area contributed by atoms with Crippen molar-refractivity contribution in [1.29, 1.82) is 0 Å². The van der Waals surface area contributed by atoms with Gasteiger partial charge in [0.1, 0.15) is 0 Å². The molecule has 24 heavy (non-hydrogen) atoms. The molecule has 1 amide bonds. The van der Waals surface area contributed by atoms with Gasteiger partial charge in [0, 0.05) is 11.5 Å². The second-order valence-corrected chi connectivity index (χ2v) is 6.71. The van der Waals surface area contributed by atoms with Crippen molar-refractivity contribution in [2.24, 2.45) is 0 Å². The lowest BCUT2D eigenvalue weighted by molar-refractivity contribution is 0.0919. The molecule has 2 heterocycles. The molecule has 1 N–H and O–H groups in total. The van der Waals surface area contributed by atoms with Crippen molar-refractivity contribution >= 4 is 11.5 Å². The Morgan fingerprint density at radius 2 is 1.79 bits per heavy atom. The van der Waals surface area contributed by atoms with Crippen LogP contribution in [-0.4, -0.2) is 12.7 Å². The summed E-state index contributed by atoms with van der Waals surface area (Å²) in [4.78, 5) is 12.6. The lowest BCUT2D eigenvalue weighted by atomic mass is 9.74. The number of amides is 1. The van der Waals surface area contributed by atoms with Gasteiger partial charge in [0.2, 0.25) is 6.79 Å². The summed E-state index contributed by atoms with van der Waals surface area (Å²) >= 11 is 0. The van der Waals surface area contributed by atoms with Crippen molar-refractivity contribution in [3.63, 3.8) is 0 Å². The SMILES string of the molecule is CC1=C[C@@H]2c3ccc(C)cc3C(=O)N[C@@H]2c2cc3c(cc21)OCO3. The highest BCUT2D eigenvalue weighted by Crippen LogP contribution is 2.48. The number of hydrogen-bond donors (Lipinski definition) is 1. The average molecular weight is 319 g/mol. The van der Waals surface area contributed by atoms with Gasteiger partial charge in [-0.05, 0) is 54.3 Å². The number of fused-ring (bicyclic) bond motifs is 6. The Morgan fingerprint density at radius 3 is 2.62 bits per heavy atom. The zero-order chi connectivity index (χ0) is 16.4. The van der Waals surface area contributed by atoms with Crippen LogP contribution in [0, 0.1) is 6.92 Å². The van der Waals surface area contributed by atoms with Gasteiger partial charge < -0.3 is 14.8 Å². The number of carbonyl (C=O) groups is 1. The van der Waals surface area contributed by atoms with Crippen molar-refractivity contribution in [2.45, 2.75) is 25.8 Å². The summed E-state index contributed by atoms with van der Waals surface area (Å²) in [6, 6.07) is 10.1. The van der Waals surface area contributed by atoms with Crippen molar-refractivity contribution in [1.82, 2.24) is 5.32 Å². The van der Waals surface area contributed by atoms with Gasteiger partial charge in [-0.1, -0.05) is 23.8 Å². The van der Waals surface area contributed by atoms with E-state index in [1.165, 1.54) is 5.57 Å². The molecule has 4 nitrogen and oxygen atoms in total.